The zero-order valence-electron chi connectivity index (χ0n) is 20.7. The number of rotatable bonds is 10. The summed E-state index contributed by atoms with van der Waals surface area (Å²) >= 11 is 0. The summed E-state index contributed by atoms with van der Waals surface area (Å²) < 4.78 is 9.99. The number of methoxy groups -OCH3 is 1. The Morgan fingerprint density at radius 1 is 0.800 bits per heavy atom. The van der Waals surface area contributed by atoms with Crippen LogP contribution in [0.3, 0.4) is 0 Å². The molecule has 3 N–H and O–H groups in total. The summed E-state index contributed by atoms with van der Waals surface area (Å²) in [6.45, 7) is 6.47. The summed E-state index contributed by atoms with van der Waals surface area (Å²) in [4.78, 5) is 25.4. The molecular weight excluding hydrogens is 442 g/mol. The van der Waals surface area contributed by atoms with Crippen LogP contribution in [0.25, 0.3) is 0 Å². The largest absolute Gasteiger partial charge is 0.447 e. The van der Waals surface area contributed by atoms with E-state index in [1.807, 2.05) is 81.4 Å². The molecule has 0 spiro atoms. The zero-order chi connectivity index (χ0) is 25.2. The van der Waals surface area contributed by atoms with Crippen molar-refractivity contribution in [3.8, 4) is 0 Å². The Bertz CT molecular complexity index is 1150. The number of hydrogen-bond donors (Lipinski definition) is 3. The van der Waals surface area contributed by atoms with E-state index in [1.165, 1.54) is 5.56 Å². The third-order valence-corrected chi connectivity index (χ3v) is 5.56. The highest BCUT2D eigenvalue weighted by atomic mass is 16.6. The van der Waals surface area contributed by atoms with Crippen LogP contribution in [-0.4, -0.2) is 38.4 Å². The molecule has 0 saturated carbocycles. The van der Waals surface area contributed by atoms with Gasteiger partial charge in [0.15, 0.2) is 0 Å². The Labute approximate surface area is 206 Å². The van der Waals surface area contributed by atoms with Crippen LogP contribution in [-0.2, 0) is 20.7 Å². The van der Waals surface area contributed by atoms with Crippen LogP contribution in [0.1, 0.15) is 22.3 Å². The lowest BCUT2D eigenvalue weighted by Gasteiger charge is -2.21. The molecule has 0 aliphatic rings. The van der Waals surface area contributed by atoms with Gasteiger partial charge in [-0.3, -0.25) is 10.1 Å². The maximum atomic E-state index is 13.3. The smallest absolute Gasteiger partial charge is 0.411 e. The van der Waals surface area contributed by atoms with Gasteiger partial charge >= 0.3 is 6.09 Å². The van der Waals surface area contributed by atoms with Gasteiger partial charge < -0.3 is 20.1 Å². The lowest BCUT2D eigenvalue weighted by atomic mass is 10.0. The van der Waals surface area contributed by atoms with E-state index in [4.69, 9.17) is 9.47 Å². The standard InChI is InChI=1S/C28H33N3O4/c1-19-14-24(18-25(15-19)31-28(33)35-13-12-34-4)29-26(17-22-8-6-5-7-9-22)27(32)30-23-11-10-20(2)21(3)16-23/h5-11,14-16,18,26,29H,12-13,17H2,1-4H3,(H,30,32)(H,31,33)/t26-/m0/s1. The molecule has 3 aromatic rings. The SMILES string of the molecule is COCCOC(=O)Nc1cc(C)cc(N[C@@H](Cc2ccccc2)C(=O)Nc2ccc(C)c(C)c2)c1. The fraction of sp³-hybridized carbons (Fsp3) is 0.286. The van der Waals surface area contributed by atoms with E-state index in [0.29, 0.717) is 24.4 Å². The van der Waals surface area contributed by atoms with Gasteiger partial charge in [-0.2, -0.15) is 0 Å². The first kappa shape index (κ1) is 25.8. The minimum absolute atomic E-state index is 0.146. The molecule has 0 fully saturated rings. The van der Waals surface area contributed by atoms with Crippen LogP contribution < -0.4 is 16.0 Å². The molecule has 1 atom stereocenters. The highest BCUT2D eigenvalue weighted by molar-refractivity contribution is 5.97. The number of carbonyl (C=O) groups excluding carboxylic acids is 2. The molecule has 35 heavy (non-hydrogen) atoms. The predicted octanol–water partition coefficient (Wildman–Crippen LogP) is 5.47. The van der Waals surface area contributed by atoms with Crippen LogP contribution >= 0.6 is 0 Å². The Morgan fingerprint density at radius 3 is 2.26 bits per heavy atom. The van der Waals surface area contributed by atoms with Crippen molar-refractivity contribution >= 4 is 29.1 Å². The number of anilines is 3. The number of benzene rings is 3. The third kappa shape index (κ3) is 8.15. The molecule has 0 aromatic heterocycles. The number of nitrogens with one attached hydrogen (secondary N) is 3. The summed E-state index contributed by atoms with van der Waals surface area (Å²) in [7, 11) is 1.54. The van der Waals surface area contributed by atoms with Crippen LogP contribution in [0.4, 0.5) is 21.9 Å². The average molecular weight is 476 g/mol. The van der Waals surface area contributed by atoms with E-state index in [0.717, 1.165) is 22.4 Å². The minimum Gasteiger partial charge on any atom is -0.447 e. The van der Waals surface area contributed by atoms with Crippen molar-refractivity contribution in [2.45, 2.75) is 33.2 Å². The average Bonchev–Trinajstić information content (AvgIpc) is 2.81. The van der Waals surface area contributed by atoms with Crippen LogP contribution in [0, 0.1) is 20.8 Å². The Hall–Kier alpha value is -3.84. The topological polar surface area (TPSA) is 88.7 Å². The van der Waals surface area contributed by atoms with Gasteiger partial charge in [-0.05, 0) is 73.4 Å². The molecular formula is C28H33N3O4. The fourth-order valence-corrected chi connectivity index (χ4v) is 3.62. The number of ether oxygens (including phenoxy) is 2. The quantitative estimate of drug-likeness (QED) is 0.339. The first-order valence-corrected chi connectivity index (χ1v) is 11.6. The van der Waals surface area contributed by atoms with E-state index in [1.54, 1.807) is 13.2 Å². The van der Waals surface area contributed by atoms with Crippen molar-refractivity contribution in [2.24, 2.45) is 0 Å². The first-order valence-electron chi connectivity index (χ1n) is 11.6. The molecule has 0 aliphatic carbocycles. The van der Waals surface area contributed by atoms with Gasteiger partial charge in [-0.25, -0.2) is 4.79 Å². The molecule has 0 aliphatic heterocycles. The van der Waals surface area contributed by atoms with Crippen molar-refractivity contribution in [1.29, 1.82) is 0 Å². The maximum Gasteiger partial charge on any atom is 0.411 e. The summed E-state index contributed by atoms with van der Waals surface area (Å²) in [5.74, 6) is -0.146. The van der Waals surface area contributed by atoms with Gasteiger partial charge in [-0.1, -0.05) is 36.4 Å². The Morgan fingerprint density at radius 2 is 1.54 bits per heavy atom. The summed E-state index contributed by atoms with van der Waals surface area (Å²) in [6, 6.07) is 20.7. The van der Waals surface area contributed by atoms with Crippen LogP contribution in [0.2, 0.25) is 0 Å². The first-order chi connectivity index (χ1) is 16.8. The monoisotopic (exact) mass is 475 g/mol. The molecule has 3 aromatic carbocycles. The molecule has 2 amide bonds. The van der Waals surface area contributed by atoms with Crippen molar-refractivity contribution in [1.82, 2.24) is 0 Å². The number of hydrogen-bond acceptors (Lipinski definition) is 5. The van der Waals surface area contributed by atoms with E-state index in [-0.39, 0.29) is 12.5 Å². The second kappa shape index (κ2) is 12.6. The van der Waals surface area contributed by atoms with E-state index < -0.39 is 12.1 Å². The van der Waals surface area contributed by atoms with Gasteiger partial charge in [0.05, 0.1) is 6.61 Å². The highest BCUT2D eigenvalue weighted by Crippen LogP contribution is 2.22. The van der Waals surface area contributed by atoms with Gasteiger partial charge in [0.2, 0.25) is 5.91 Å². The van der Waals surface area contributed by atoms with Crippen molar-refractivity contribution in [2.75, 3.05) is 36.3 Å². The maximum absolute atomic E-state index is 13.3. The van der Waals surface area contributed by atoms with E-state index in [2.05, 4.69) is 16.0 Å². The summed E-state index contributed by atoms with van der Waals surface area (Å²) in [5.41, 5.74) is 6.28. The molecule has 184 valence electrons. The molecule has 0 heterocycles. The third-order valence-electron chi connectivity index (χ3n) is 5.56. The molecule has 7 nitrogen and oxygen atoms in total. The van der Waals surface area contributed by atoms with E-state index >= 15 is 0 Å². The molecule has 3 rings (SSSR count). The van der Waals surface area contributed by atoms with Gasteiger partial charge in [0, 0.05) is 30.6 Å². The molecule has 0 saturated heterocycles. The normalized spacial score (nSPS) is 11.4. The van der Waals surface area contributed by atoms with Crippen molar-refractivity contribution in [3.05, 3.63) is 89.0 Å². The molecule has 0 bridgehead atoms. The van der Waals surface area contributed by atoms with Crippen LogP contribution in [0.5, 0.6) is 0 Å². The highest BCUT2D eigenvalue weighted by Gasteiger charge is 2.20. The Kier molecular flexibility index (Phi) is 9.26. The van der Waals surface area contributed by atoms with E-state index in [9.17, 15) is 9.59 Å². The number of aryl methyl sites for hydroxylation is 3. The number of amides is 2. The minimum atomic E-state index is -0.563. The van der Waals surface area contributed by atoms with Gasteiger partial charge in [0.25, 0.3) is 0 Å². The lowest BCUT2D eigenvalue weighted by Crippen LogP contribution is -2.36. The lowest BCUT2D eigenvalue weighted by molar-refractivity contribution is -0.116. The van der Waals surface area contributed by atoms with Crippen LogP contribution in [0.15, 0.2) is 66.7 Å². The van der Waals surface area contributed by atoms with Crippen molar-refractivity contribution < 1.29 is 19.1 Å². The van der Waals surface area contributed by atoms with Crippen molar-refractivity contribution in [3.63, 3.8) is 0 Å². The second-order valence-corrected chi connectivity index (χ2v) is 8.52. The number of carbonyl (C=O) groups is 2. The fourth-order valence-electron chi connectivity index (χ4n) is 3.62. The predicted molar refractivity (Wildman–Crippen MR) is 140 cm³/mol. The molecule has 0 radical (unpaired) electrons. The molecule has 7 heteroatoms. The summed E-state index contributed by atoms with van der Waals surface area (Å²) in [5, 5.41) is 9.12. The summed E-state index contributed by atoms with van der Waals surface area (Å²) in [6.07, 6.45) is -0.0697. The second-order valence-electron chi connectivity index (χ2n) is 8.52. The molecule has 0 unspecified atom stereocenters. The Balaban J connectivity index is 1.78. The zero-order valence-corrected chi connectivity index (χ0v) is 20.7. The van der Waals surface area contributed by atoms with Gasteiger partial charge in [0.1, 0.15) is 12.6 Å². The van der Waals surface area contributed by atoms with Gasteiger partial charge in [-0.15, -0.1) is 0 Å².